The van der Waals surface area contributed by atoms with E-state index in [-0.39, 0.29) is 0 Å². The van der Waals surface area contributed by atoms with Gasteiger partial charge in [0.25, 0.3) is 5.91 Å². The number of carboxylic acids is 1. The third kappa shape index (κ3) is 4.72. The standard InChI is InChI=1S/C15H8F21NO3/c1-2-37(3-4(38)39)5(40)6(16,17)8(19,20)10(23,24)12(27,28)13(29,30)11(25,26)9(21,22)7(18,14(31,32)33)15(34,35)36/h2-3H2,1H3,(H,38,39). The van der Waals surface area contributed by atoms with Gasteiger partial charge in [0, 0.05) is 6.54 Å². The van der Waals surface area contributed by atoms with Crippen molar-refractivity contribution in [2.45, 2.75) is 66.4 Å². The number of likely N-dealkylation sites (N-methyl/N-ethyl adjacent to an activating group) is 1. The molecule has 0 fully saturated rings. The van der Waals surface area contributed by atoms with Crippen LogP contribution in [0.4, 0.5) is 92.2 Å². The van der Waals surface area contributed by atoms with Crippen molar-refractivity contribution < 1.29 is 107 Å². The van der Waals surface area contributed by atoms with Crippen LogP contribution in [0.3, 0.4) is 0 Å². The minimum Gasteiger partial charge on any atom is -0.480 e. The number of carboxylic acid groups (broad SMARTS) is 1. The van der Waals surface area contributed by atoms with Crippen molar-refractivity contribution in [1.82, 2.24) is 4.90 Å². The van der Waals surface area contributed by atoms with E-state index in [1.165, 1.54) is 0 Å². The quantitative estimate of drug-likeness (QED) is 0.272. The first kappa shape index (κ1) is 37.5. The SMILES string of the molecule is CCN(CC(=O)O)C(=O)C(F)(F)C(F)(F)C(F)(F)C(F)(F)C(F)(F)C(F)(F)C(F)(F)C(F)(C(F)(F)F)C(F)(F)F. The first-order chi connectivity index (χ1) is 17.0. The predicted molar refractivity (Wildman–Crippen MR) is 80.5 cm³/mol. The second-order valence-electron chi connectivity index (χ2n) is 7.39. The fourth-order valence-electron chi connectivity index (χ4n) is 2.54. The summed E-state index contributed by atoms with van der Waals surface area (Å²) in [6, 6.07) is 0. The fraction of sp³-hybridized carbons (Fsp3) is 0.867. The maximum absolute atomic E-state index is 13.8. The Labute approximate surface area is 204 Å². The minimum atomic E-state index is -9.42. The van der Waals surface area contributed by atoms with E-state index < -0.39 is 89.3 Å². The molecule has 0 aliphatic heterocycles. The van der Waals surface area contributed by atoms with Crippen LogP contribution in [0.15, 0.2) is 0 Å². The highest BCUT2D eigenvalue weighted by molar-refractivity contribution is 5.87. The van der Waals surface area contributed by atoms with Crippen LogP contribution in [-0.4, -0.2) is 94.5 Å². The van der Waals surface area contributed by atoms with Gasteiger partial charge < -0.3 is 10.0 Å². The van der Waals surface area contributed by atoms with Crippen molar-refractivity contribution in [2.75, 3.05) is 13.1 Å². The molecular formula is C15H8F21NO3. The summed E-state index contributed by atoms with van der Waals surface area (Å²) in [5, 5.41) is 8.34. The molecule has 0 radical (unpaired) electrons. The molecule has 0 aromatic rings. The zero-order valence-corrected chi connectivity index (χ0v) is 18.1. The number of aliphatic carboxylic acids is 1. The van der Waals surface area contributed by atoms with Crippen LogP contribution in [-0.2, 0) is 9.59 Å². The maximum Gasteiger partial charge on any atom is 0.438 e. The van der Waals surface area contributed by atoms with Crippen LogP contribution in [0.1, 0.15) is 6.92 Å². The van der Waals surface area contributed by atoms with Crippen LogP contribution in [0.5, 0.6) is 0 Å². The topological polar surface area (TPSA) is 57.6 Å². The molecule has 0 spiro atoms. The number of rotatable bonds is 11. The molecule has 0 unspecified atom stereocenters. The highest BCUT2D eigenvalue weighted by Gasteiger charge is 2.99. The molecular weight excluding hydrogens is 641 g/mol. The summed E-state index contributed by atoms with van der Waals surface area (Å²) in [4.78, 5) is 20.8. The Morgan fingerprint density at radius 2 is 0.800 bits per heavy atom. The molecule has 25 heteroatoms. The zero-order valence-electron chi connectivity index (χ0n) is 18.1. The lowest BCUT2D eigenvalue weighted by Gasteiger charge is -2.45. The lowest BCUT2D eigenvalue weighted by molar-refractivity contribution is -0.476. The van der Waals surface area contributed by atoms with E-state index in [1.54, 1.807) is 0 Å². The van der Waals surface area contributed by atoms with Gasteiger partial charge in [0.05, 0.1) is 0 Å². The number of hydrogen-bond acceptors (Lipinski definition) is 2. The van der Waals surface area contributed by atoms with Gasteiger partial charge >= 0.3 is 65.4 Å². The third-order valence-corrected chi connectivity index (χ3v) is 4.84. The van der Waals surface area contributed by atoms with E-state index in [9.17, 15) is 102 Å². The van der Waals surface area contributed by atoms with Crippen LogP contribution in [0.2, 0.25) is 0 Å². The van der Waals surface area contributed by atoms with E-state index in [4.69, 9.17) is 5.11 Å². The molecule has 238 valence electrons. The predicted octanol–water partition coefficient (Wildman–Crippen LogP) is 6.20. The Bertz CT molecular complexity index is 951. The fourth-order valence-corrected chi connectivity index (χ4v) is 2.54. The molecule has 0 rings (SSSR count). The van der Waals surface area contributed by atoms with Crippen molar-refractivity contribution in [3.8, 4) is 0 Å². The summed E-state index contributed by atoms with van der Waals surface area (Å²) in [5.74, 6) is -68.8. The van der Waals surface area contributed by atoms with E-state index in [1.807, 2.05) is 0 Å². The second-order valence-corrected chi connectivity index (χ2v) is 7.39. The number of carbonyl (C=O) groups excluding carboxylic acids is 1. The minimum absolute atomic E-state index is 0.420. The Hall–Kier alpha value is -2.53. The molecule has 0 aromatic heterocycles. The first-order valence-electron chi connectivity index (χ1n) is 9.02. The summed E-state index contributed by atoms with van der Waals surface area (Å²) < 4.78 is 280. The molecule has 0 aromatic carbocycles. The van der Waals surface area contributed by atoms with Crippen molar-refractivity contribution in [3.05, 3.63) is 0 Å². The lowest BCUT2D eigenvalue weighted by atomic mass is 9.83. The highest BCUT2D eigenvalue weighted by atomic mass is 19.4. The summed E-state index contributed by atoms with van der Waals surface area (Å²) in [7, 11) is 0. The molecule has 0 aliphatic carbocycles. The molecule has 4 nitrogen and oxygen atoms in total. The Morgan fingerprint density at radius 1 is 0.525 bits per heavy atom. The molecule has 0 heterocycles. The van der Waals surface area contributed by atoms with Crippen molar-refractivity contribution in [1.29, 1.82) is 0 Å². The van der Waals surface area contributed by atoms with E-state index in [2.05, 4.69) is 0 Å². The summed E-state index contributed by atoms with van der Waals surface area (Å²) in [5.41, 5.74) is -8.99. The van der Waals surface area contributed by atoms with Crippen LogP contribution in [0, 0.1) is 0 Å². The van der Waals surface area contributed by atoms with Crippen LogP contribution < -0.4 is 0 Å². The smallest absolute Gasteiger partial charge is 0.438 e. The molecule has 0 atom stereocenters. The molecule has 0 saturated carbocycles. The van der Waals surface area contributed by atoms with E-state index in [0.717, 1.165) is 0 Å². The summed E-state index contributed by atoms with van der Waals surface area (Å²) in [6.07, 6.45) is -17.0. The van der Waals surface area contributed by atoms with Crippen LogP contribution in [0.25, 0.3) is 0 Å². The zero-order chi connectivity index (χ0) is 33.1. The molecule has 40 heavy (non-hydrogen) atoms. The van der Waals surface area contributed by atoms with Gasteiger partial charge in [-0.25, -0.2) is 4.39 Å². The van der Waals surface area contributed by atoms with Gasteiger partial charge in [0.2, 0.25) is 0 Å². The van der Waals surface area contributed by atoms with Gasteiger partial charge in [-0.1, -0.05) is 0 Å². The second kappa shape index (κ2) is 9.79. The Balaban J connectivity index is 7.28. The largest absolute Gasteiger partial charge is 0.480 e. The molecule has 1 amide bonds. The van der Waals surface area contributed by atoms with Gasteiger partial charge in [-0.3, -0.25) is 9.59 Å². The highest BCUT2D eigenvalue weighted by Crippen LogP contribution is 2.67. The number of hydrogen-bond donors (Lipinski definition) is 1. The molecule has 1 N–H and O–H groups in total. The monoisotopic (exact) mass is 649 g/mol. The number of amides is 1. The van der Waals surface area contributed by atoms with E-state index >= 15 is 0 Å². The van der Waals surface area contributed by atoms with Gasteiger partial charge in [0.1, 0.15) is 6.54 Å². The van der Waals surface area contributed by atoms with E-state index in [0.29, 0.717) is 6.92 Å². The normalized spacial score (nSPS) is 15.8. The first-order valence-corrected chi connectivity index (χ1v) is 9.02. The third-order valence-electron chi connectivity index (χ3n) is 4.84. The van der Waals surface area contributed by atoms with Crippen molar-refractivity contribution in [3.63, 3.8) is 0 Å². The average Bonchev–Trinajstić information content (AvgIpc) is 2.73. The van der Waals surface area contributed by atoms with Gasteiger partial charge in [-0.15, -0.1) is 0 Å². The number of halogens is 21. The number of carbonyl (C=O) groups is 2. The average molecular weight is 649 g/mol. The molecule has 0 bridgehead atoms. The Morgan fingerprint density at radius 3 is 1.05 bits per heavy atom. The maximum atomic E-state index is 13.8. The van der Waals surface area contributed by atoms with Crippen LogP contribution >= 0.6 is 0 Å². The summed E-state index contributed by atoms with van der Waals surface area (Å²) >= 11 is 0. The van der Waals surface area contributed by atoms with Crippen molar-refractivity contribution >= 4 is 11.9 Å². The molecule has 0 aliphatic rings. The van der Waals surface area contributed by atoms with Crippen molar-refractivity contribution in [2.24, 2.45) is 0 Å². The Kier molecular flexibility index (Phi) is 9.17. The van der Waals surface area contributed by atoms with Gasteiger partial charge in [0.15, 0.2) is 0 Å². The number of nitrogens with zero attached hydrogens (tertiary/aromatic N) is 1. The number of alkyl halides is 21. The molecule has 0 saturated heterocycles. The van der Waals surface area contributed by atoms with Gasteiger partial charge in [-0.05, 0) is 6.92 Å². The summed E-state index contributed by atoms with van der Waals surface area (Å²) in [6.45, 7) is -3.22. The lowest BCUT2D eigenvalue weighted by Crippen LogP contribution is -2.79. The van der Waals surface area contributed by atoms with Gasteiger partial charge in [-0.2, -0.15) is 87.8 Å².